The van der Waals surface area contributed by atoms with Crippen molar-refractivity contribution in [3.05, 3.63) is 66.1 Å². The SMILES string of the molecule is Cl.Cl.NCCCNCCC(c1cccnc1)c1cn(C2CCCCC2)c2ccccc12. The number of para-hydroxylation sites is 1. The zero-order valence-electron chi connectivity index (χ0n) is 18.2. The predicted octanol–water partition coefficient (Wildman–Crippen LogP) is 5.85. The Bertz CT molecular complexity index is 891. The summed E-state index contributed by atoms with van der Waals surface area (Å²) in [5.41, 5.74) is 9.78. The van der Waals surface area contributed by atoms with Gasteiger partial charge in [-0.05, 0) is 68.6 Å². The van der Waals surface area contributed by atoms with E-state index in [9.17, 15) is 0 Å². The van der Waals surface area contributed by atoms with Crippen LogP contribution in [0.25, 0.3) is 10.9 Å². The minimum Gasteiger partial charge on any atom is -0.344 e. The van der Waals surface area contributed by atoms with Crippen molar-refractivity contribution >= 4 is 35.7 Å². The van der Waals surface area contributed by atoms with Crippen molar-refractivity contribution in [3.63, 3.8) is 0 Å². The first-order valence-electron chi connectivity index (χ1n) is 11.3. The molecule has 1 unspecified atom stereocenters. The maximum Gasteiger partial charge on any atom is 0.0485 e. The van der Waals surface area contributed by atoms with Crippen LogP contribution in [0.15, 0.2) is 55.0 Å². The van der Waals surface area contributed by atoms with Gasteiger partial charge in [-0.3, -0.25) is 4.98 Å². The molecule has 1 saturated carbocycles. The largest absolute Gasteiger partial charge is 0.344 e. The average molecular weight is 463 g/mol. The minimum absolute atomic E-state index is 0. The molecular formula is C25H36Cl2N4. The van der Waals surface area contributed by atoms with Crippen molar-refractivity contribution < 1.29 is 0 Å². The first-order chi connectivity index (χ1) is 14.4. The number of benzene rings is 1. The Balaban J connectivity index is 0.00000171. The first-order valence-corrected chi connectivity index (χ1v) is 11.3. The van der Waals surface area contributed by atoms with Crippen molar-refractivity contribution in [1.29, 1.82) is 0 Å². The van der Waals surface area contributed by atoms with E-state index in [0.29, 0.717) is 12.0 Å². The van der Waals surface area contributed by atoms with Crippen molar-refractivity contribution in [1.82, 2.24) is 14.9 Å². The lowest BCUT2D eigenvalue weighted by Crippen LogP contribution is -2.21. The van der Waals surface area contributed by atoms with Crippen LogP contribution in [0.1, 0.15) is 68.0 Å². The second-order valence-corrected chi connectivity index (χ2v) is 8.32. The molecule has 2 heterocycles. The Morgan fingerprint density at radius 2 is 1.84 bits per heavy atom. The number of hydrogen-bond donors (Lipinski definition) is 2. The van der Waals surface area contributed by atoms with Crippen LogP contribution in [0.4, 0.5) is 0 Å². The highest BCUT2D eigenvalue weighted by atomic mass is 35.5. The fourth-order valence-electron chi connectivity index (χ4n) is 4.85. The number of nitrogens with zero attached hydrogens (tertiary/aromatic N) is 2. The van der Waals surface area contributed by atoms with Gasteiger partial charge < -0.3 is 15.6 Å². The Morgan fingerprint density at radius 1 is 1.03 bits per heavy atom. The molecule has 0 spiro atoms. The number of nitrogens with two attached hydrogens (primary N) is 1. The summed E-state index contributed by atoms with van der Waals surface area (Å²) in [4.78, 5) is 4.42. The van der Waals surface area contributed by atoms with Gasteiger partial charge in [-0.25, -0.2) is 0 Å². The topological polar surface area (TPSA) is 55.9 Å². The molecule has 4 nitrogen and oxygen atoms in total. The van der Waals surface area contributed by atoms with E-state index in [1.54, 1.807) is 0 Å². The molecule has 1 aliphatic carbocycles. The fourth-order valence-corrected chi connectivity index (χ4v) is 4.85. The normalized spacial score (nSPS) is 15.3. The Hall–Kier alpha value is -1.59. The van der Waals surface area contributed by atoms with Crippen LogP contribution in [-0.2, 0) is 0 Å². The molecule has 1 fully saturated rings. The highest BCUT2D eigenvalue weighted by Crippen LogP contribution is 2.38. The van der Waals surface area contributed by atoms with E-state index in [4.69, 9.17) is 5.73 Å². The maximum atomic E-state index is 5.64. The van der Waals surface area contributed by atoms with Gasteiger partial charge in [-0.2, -0.15) is 0 Å². The van der Waals surface area contributed by atoms with Gasteiger partial charge >= 0.3 is 0 Å². The van der Waals surface area contributed by atoms with Gasteiger partial charge in [0.2, 0.25) is 0 Å². The first kappa shape index (κ1) is 25.7. The second kappa shape index (κ2) is 13.1. The van der Waals surface area contributed by atoms with Crippen LogP contribution in [-0.4, -0.2) is 29.2 Å². The van der Waals surface area contributed by atoms with Gasteiger partial charge in [-0.15, -0.1) is 24.8 Å². The van der Waals surface area contributed by atoms with E-state index >= 15 is 0 Å². The molecule has 0 radical (unpaired) electrons. The molecular weight excluding hydrogens is 427 g/mol. The standard InChI is InChI=1S/C25H34N4.2ClH/c26-14-7-16-27-17-13-22(20-8-6-15-28-18-20)24-19-29(21-9-2-1-3-10-21)25-12-5-4-11-23(24)25;;/h4-6,8,11-12,15,18-19,21-22,27H,1-3,7,9-10,13-14,16-17,26H2;2*1H. The summed E-state index contributed by atoms with van der Waals surface area (Å²) in [5.74, 6) is 0.351. The predicted molar refractivity (Wildman–Crippen MR) is 136 cm³/mol. The van der Waals surface area contributed by atoms with Gasteiger partial charge in [0.15, 0.2) is 0 Å². The van der Waals surface area contributed by atoms with Crippen LogP contribution in [0.5, 0.6) is 0 Å². The van der Waals surface area contributed by atoms with E-state index in [1.165, 1.54) is 54.1 Å². The Morgan fingerprint density at radius 3 is 2.58 bits per heavy atom. The van der Waals surface area contributed by atoms with E-state index in [-0.39, 0.29) is 24.8 Å². The van der Waals surface area contributed by atoms with Crippen LogP contribution in [0.3, 0.4) is 0 Å². The molecule has 3 N–H and O–H groups in total. The molecule has 6 heteroatoms. The minimum atomic E-state index is 0. The van der Waals surface area contributed by atoms with Gasteiger partial charge in [0.25, 0.3) is 0 Å². The second-order valence-electron chi connectivity index (χ2n) is 8.32. The molecule has 0 aliphatic heterocycles. The summed E-state index contributed by atoms with van der Waals surface area (Å²) < 4.78 is 2.58. The number of fused-ring (bicyclic) bond motifs is 1. The van der Waals surface area contributed by atoms with E-state index in [2.05, 4.69) is 57.5 Å². The molecule has 31 heavy (non-hydrogen) atoms. The molecule has 1 atom stereocenters. The third-order valence-corrected chi connectivity index (χ3v) is 6.37. The monoisotopic (exact) mass is 462 g/mol. The number of nitrogens with one attached hydrogen (secondary N) is 1. The summed E-state index contributed by atoms with van der Waals surface area (Å²) >= 11 is 0. The smallest absolute Gasteiger partial charge is 0.0485 e. The molecule has 0 amide bonds. The van der Waals surface area contributed by atoms with Gasteiger partial charge in [0.05, 0.1) is 0 Å². The highest BCUT2D eigenvalue weighted by Gasteiger charge is 2.23. The summed E-state index contributed by atoms with van der Waals surface area (Å²) in [7, 11) is 0. The number of rotatable bonds is 9. The van der Waals surface area contributed by atoms with Gasteiger partial charge in [0.1, 0.15) is 0 Å². The zero-order chi connectivity index (χ0) is 19.9. The molecule has 170 valence electrons. The molecule has 1 aromatic carbocycles. The van der Waals surface area contributed by atoms with Crippen molar-refractivity contribution in [2.45, 2.75) is 56.9 Å². The molecule has 1 aliphatic rings. The average Bonchev–Trinajstić information content (AvgIpc) is 3.17. The van der Waals surface area contributed by atoms with E-state index in [1.807, 2.05) is 12.4 Å². The molecule has 3 aromatic rings. The lowest BCUT2D eigenvalue weighted by molar-refractivity contribution is 0.360. The van der Waals surface area contributed by atoms with Crippen molar-refractivity contribution in [2.24, 2.45) is 5.73 Å². The third-order valence-electron chi connectivity index (χ3n) is 6.37. The zero-order valence-corrected chi connectivity index (χ0v) is 19.8. The molecule has 2 aromatic heterocycles. The lowest BCUT2D eigenvalue weighted by Gasteiger charge is -2.24. The maximum absolute atomic E-state index is 5.64. The van der Waals surface area contributed by atoms with E-state index < -0.39 is 0 Å². The van der Waals surface area contributed by atoms with Crippen LogP contribution in [0, 0.1) is 0 Å². The third kappa shape index (κ3) is 6.23. The summed E-state index contributed by atoms with van der Waals surface area (Å²) in [6.45, 7) is 2.72. The number of hydrogen-bond acceptors (Lipinski definition) is 3. The number of halogens is 2. The lowest BCUT2D eigenvalue weighted by atomic mass is 9.89. The van der Waals surface area contributed by atoms with Gasteiger partial charge in [-0.1, -0.05) is 43.5 Å². The Labute approximate surface area is 198 Å². The fraction of sp³-hybridized carbons (Fsp3) is 0.480. The van der Waals surface area contributed by atoms with Crippen LogP contribution in [0.2, 0.25) is 0 Å². The number of pyridine rings is 1. The summed E-state index contributed by atoms with van der Waals surface area (Å²) in [6.07, 6.45) is 15.1. The van der Waals surface area contributed by atoms with Gasteiger partial charge in [0, 0.05) is 41.5 Å². The van der Waals surface area contributed by atoms with E-state index in [0.717, 1.165) is 32.5 Å². The van der Waals surface area contributed by atoms with Crippen LogP contribution < -0.4 is 11.1 Å². The quantitative estimate of drug-likeness (QED) is 0.392. The molecule has 0 bridgehead atoms. The summed E-state index contributed by atoms with van der Waals surface area (Å²) in [6, 6.07) is 13.9. The highest BCUT2D eigenvalue weighted by molar-refractivity contribution is 5.86. The van der Waals surface area contributed by atoms with Crippen LogP contribution >= 0.6 is 24.8 Å². The molecule has 4 rings (SSSR count). The number of aromatic nitrogens is 2. The Kier molecular flexibility index (Phi) is 10.8. The van der Waals surface area contributed by atoms with Crippen molar-refractivity contribution in [3.8, 4) is 0 Å². The molecule has 0 saturated heterocycles. The summed E-state index contributed by atoms with van der Waals surface area (Å²) in [5, 5.41) is 4.96. The van der Waals surface area contributed by atoms with Crippen molar-refractivity contribution in [2.75, 3.05) is 19.6 Å².